The van der Waals surface area contributed by atoms with E-state index in [1.54, 1.807) is 4.68 Å². The first-order valence-electron chi connectivity index (χ1n) is 9.12. The Kier molecular flexibility index (Phi) is 5.87. The lowest BCUT2D eigenvalue weighted by atomic mass is 10.1. The molecule has 1 unspecified atom stereocenters. The van der Waals surface area contributed by atoms with Gasteiger partial charge < -0.3 is 4.90 Å². The molecule has 5 nitrogen and oxygen atoms in total. The van der Waals surface area contributed by atoms with E-state index in [1.165, 1.54) is 5.56 Å². The van der Waals surface area contributed by atoms with E-state index in [0.717, 1.165) is 44.7 Å². The van der Waals surface area contributed by atoms with Crippen LogP contribution in [0.5, 0.6) is 0 Å². The molecule has 134 valence electrons. The highest BCUT2D eigenvalue weighted by atomic mass is 16.2. The van der Waals surface area contributed by atoms with Crippen LogP contribution in [-0.4, -0.2) is 51.7 Å². The SMILES string of the molecule is CC1CN(Cc2ccccc2)CCN(C(=O)CCc2cnn(C)c2)C1. The number of hydrogen-bond donors (Lipinski definition) is 0. The normalized spacial score (nSPS) is 19.0. The summed E-state index contributed by atoms with van der Waals surface area (Å²) in [6.07, 6.45) is 5.17. The zero-order chi connectivity index (χ0) is 17.6. The third-order valence-electron chi connectivity index (χ3n) is 4.78. The maximum Gasteiger partial charge on any atom is 0.222 e. The Morgan fingerprint density at radius 3 is 2.68 bits per heavy atom. The molecule has 1 aromatic heterocycles. The minimum atomic E-state index is 0.261. The van der Waals surface area contributed by atoms with Crippen LogP contribution in [0.1, 0.15) is 24.5 Å². The van der Waals surface area contributed by atoms with E-state index >= 15 is 0 Å². The van der Waals surface area contributed by atoms with Gasteiger partial charge in [0, 0.05) is 52.4 Å². The molecular weight excluding hydrogens is 312 g/mol. The van der Waals surface area contributed by atoms with Gasteiger partial charge in [0.25, 0.3) is 0 Å². The Morgan fingerprint density at radius 1 is 1.16 bits per heavy atom. The zero-order valence-electron chi connectivity index (χ0n) is 15.3. The molecule has 1 aliphatic heterocycles. The van der Waals surface area contributed by atoms with Crippen molar-refractivity contribution in [2.24, 2.45) is 13.0 Å². The number of aryl methyl sites for hydroxylation is 2. The van der Waals surface area contributed by atoms with Crippen LogP contribution in [0, 0.1) is 5.92 Å². The van der Waals surface area contributed by atoms with Gasteiger partial charge in [0.05, 0.1) is 6.20 Å². The molecule has 0 N–H and O–H groups in total. The van der Waals surface area contributed by atoms with Crippen molar-refractivity contribution < 1.29 is 4.79 Å². The smallest absolute Gasteiger partial charge is 0.222 e. The fourth-order valence-electron chi connectivity index (χ4n) is 3.54. The summed E-state index contributed by atoms with van der Waals surface area (Å²) in [5.74, 6) is 0.755. The van der Waals surface area contributed by atoms with Gasteiger partial charge in [0.1, 0.15) is 0 Å². The van der Waals surface area contributed by atoms with Gasteiger partial charge >= 0.3 is 0 Å². The summed E-state index contributed by atoms with van der Waals surface area (Å²) in [6.45, 7) is 6.87. The van der Waals surface area contributed by atoms with Gasteiger partial charge in [-0.3, -0.25) is 14.4 Å². The number of hydrogen-bond acceptors (Lipinski definition) is 3. The van der Waals surface area contributed by atoms with Crippen molar-refractivity contribution in [2.45, 2.75) is 26.3 Å². The van der Waals surface area contributed by atoms with Crippen LogP contribution >= 0.6 is 0 Å². The van der Waals surface area contributed by atoms with Crippen molar-refractivity contribution in [3.05, 3.63) is 53.9 Å². The molecule has 5 heteroatoms. The summed E-state index contributed by atoms with van der Waals surface area (Å²) < 4.78 is 1.79. The fourth-order valence-corrected chi connectivity index (χ4v) is 3.54. The quantitative estimate of drug-likeness (QED) is 0.839. The maximum absolute atomic E-state index is 12.6. The molecule has 0 spiro atoms. The number of nitrogens with zero attached hydrogens (tertiary/aromatic N) is 4. The molecule has 0 aliphatic carbocycles. The van der Waals surface area contributed by atoms with Gasteiger partial charge in [-0.05, 0) is 23.5 Å². The number of aromatic nitrogens is 2. The van der Waals surface area contributed by atoms with E-state index < -0.39 is 0 Å². The number of rotatable bonds is 5. The summed E-state index contributed by atoms with van der Waals surface area (Å²) in [5.41, 5.74) is 2.47. The molecular formula is C20H28N4O. The predicted octanol–water partition coefficient (Wildman–Crippen LogP) is 2.33. The van der Waals surface area contributed by atoms with Crippen LogP contribution in [0.4, 0.5) is 0 Å². The molecule has 0 radical (unpaired) electrons. The number of carbonyl (C=O) groups is 1. The number of amides is 1. The highest BCUT2D eigenvalue weighted by Crippen LogP contribution is 2.14. The van der Waals surface area contributed by atoms with Gasteiger partial charge in [0.2, 0.25) is 5.91 Å². The molecule has 1 aliphatic rings. The molecule has 1 amide bonds. The van der Waals surface area contributed by atoms with Crippen molar-refractivity contribution in [2.75, 3.05) is 26.2 Å². The first-order valence-corrected chi connectivity index (χ1v) is 9.12. The van der Waals surface area contributed by atoms with E-state index in [2.05, 4.69) is 47.3 Å². The van der Waals surface area contributed by atoms with E-state index in [0.29, 0.717) is 12.3 Å². The summed E-state index contributed by atoms with van der Waals surface area (Å²) in [7, 11) is 1.91. The summed E-state index contributed by atoms with van der Waals surface area (Å²) in [5, 5.41) is 4.17. The van der Waals surface area contributed by atoms with E-state index in [4.69, 9.17) is 0 Å². The Labute approximate surface area is 150 Å². The number of carbonyl (C=O) groups excluding carboxylic acids is 1. The van der Waals surface area contributed by atoms with Crippen molar-refractivity contribution in [3.8, 4) is 0 Å². The third kappa shape index (κ3) is 5.16. The highest BCUT2D eigenvalue weighted by Gasteiger charge is 2.23. The minimum Gasteiger partial charge on any atom is -0.341 e. The average molecular weight is 340 g/mol. The average Bonchev–Trinajstić information content (AvgIpc) is 2.93. The molecule has 1 fully saturated rings. The molecule has 3 rings (SSSR count). The van der Waals surface area contributed by atoms with E-state index in [9.17, 15) is 4.79 Å². The predicted molar refractivity (Wildman–Crippen MR) is 99.0 cm³/mol. The third-order valence-corrected chi connectivity index (χ3v) is 4.78. The van der Waals surface area contributed by atoms with Gasteiger partial charge in [0.15, 0.2) is 0 Å². The summed E-state index contributed by atoms with van der Waals surface area (Å²) in [4.78, 5) is 17.1. The first-order chi connectivity index (χ1) is 12.1. The van der Waals surface area contributed by atoms with Crippen LogP contribution in [0.3, 0.4) is 0 Å². The van der Waals surface area contributed by atoms with Crippen LogP contribution in [0.25, 0.3) is 0 Å². The highest BCUT2D eigenvalue weighted by molar-refractivity contribution is 5.76. The molecule has 2 aromatic rings. The van der Waals surface area contributed by atoms with Gasteiger partial charge in [-0.1, -0.05) is 37.3 Å². The topological polar surface area (TPSA) is 41.4 Å². The Hall–Kier alpha value is -2.14. The lowest BCUT2D eigenvalue weighted by Crippen LogP contribution is -2.35. The second-order valence-corrected chi connectivity index (χ2v) is 7.19. The first kappa shape index (κ1) is 17.7. The van der Waals surface area contributed by atoms with Crippen LogP contribution < -0.4 is 0 Å². The van der Waals surface area contributed by atoms with E-state index in [-0.39, 0.29) is 5.91 Å². The lowest BCUT2D eigenvalue weighted by molar-refractivity contribution is -0.131. The maximum atomic E-state index is 12.6. The van der Waals surface area contributed by atoms with Crippen LogP contribution in [0.2, 0.25) is 0 Å². The van der Waals surface area contributed by atoms with E-state index in [1.807, 2.05) is 24.3 Å². The largest absolute Gasteiger partial charge is 0.341 e. The van der Waals surface area contributed by atoms with Crippen molar-refractivity contribution >= 4 is 5.91 Å². The fraction of sp³-hybridized carbons (Fsp3) is 0.500. The van der Waals surface area contributed by atoms with Gasteiger partial charge in [-0.15, -0.1) is 0 Å². The molecule has 0 saturated carbocycles. The van der Waals surface area contributed by atoms with Crippen molar-refractivity contribution in [3.63, 3.8) is 0 Å². The number of benzene rings is 1. The Bertz CT molecular complexity index is 682. The minimum absolute atomic E-state index is 0.261. The molecule has 1 aromatic carbocycles. The Morgan fingerprint density at radius 2 is 1.96 bits per heavy atom. The van der Waals surface area contributed by atoms with Crippen molar-refractivity contribution in [1.29, 1.82) is 0 Å². The molecule has 2 heterocycles. The van der Waals surface area contributed by atoms with Crippen molar-refractivity contribution in [1.82, 2.24) is 19.6 Å². The second-order valence-electron chi connectivity index (χ2n) is 7.19. The molecule has 1 atom stereocenters. The summed E-state index contributed by atoms with van der Waals surface area (Å²) in [6, 6.07) is 10.6. The standard InChI is InChI=1S/C20H28N4O/c1-17-13-23(16-18-6-4-3-5-7-18)10-11-24(14-17)20(25)9-8-19-12-21-22(2)15-19/h3-7,12,15,17H,8-11,13-14,16H2,1-2H3. The molecule has 0 bridgehead atoms. The van der Waals surface area contributed by atoms with Crippen LogP contribution in [-0.2, 0) is 24.8 Å². The molecule has 25 heavy (non-hydrogen) atoms. The lowest BCUT2D eigenvalue weighted by Gasteiger charge is -2.22. The zero-order valence-corrected chi connectivity index (χ0v) is 15.3. The van der Waals surface area contributed by atoms with Crippen LogP contribution in [0.15, 0.2) is 42.7 Å². The Balaban J connectivity index is 1.52. The molecule has 1 saturated heterocycles. The van der Waals surface area contributed by atoms with Gasteiger partial charge in [-0.2, -0.15) is 5.10 Å². The second kappa shape index (κ2) is 8.30. The van der Waals surface area contributed by atoms with Gasteiger partial charge in [-0.25, -0.2) is 0 Å². The monoisotopic (exact) mass is 340 g/mol. The summed E-state index contributed by atoms with van der Waals surface area (Å²) >= 11 is 0.